The minimum absolute atomic E-state index is 0.0256. The Kier molecular flexibility index (Phi) is 4.45. The molecule has 2 N–H and O–H groups in total. The second kappa shape index (κ2) is 5.62. The minimum Gasteiger partial charge on any atom is -0.338 e. The van der Waals surface area contributed by atoms with E-state index in [2.05, 4.69) is 15.9 Å². The highest BCUT2D eigenvalue weighted by atomic mass is 79.9. The molecule has 0 bridgehead atoms. The van der Waals surface area contributed by atoms with Crippen LogP contribution in [0.1, 0.15) is 26.3 Å². The van der Waals surface area contributed by atoms with Crippen LogP contribution in [0.15, 0.2) is 28.7 Å². The van der Waals surface area contributed by atoms with Crippen molar-refractivity contribution in [3.05, 3.63) is 34.3 Å². The summed E-state index contributed by atoms with van der Waals surface area (Å²) in [6.07, 6.45) is 0. The molecule has 7 heteroatoms. The van der Waals surface area contributed by atoms with Gasteiger partial charge >= 0.3 is 0 Å². The van der Waals surface area contributed by atoms with Crippen molar-refractivity contribution >= 4 is 31.7 Å². The fraction of sp³-hybridized carbons (Fsp3) is 0.533. The lowest BCUT2D eigenvalue weighted by molar-refractivity contribution is -0.137. The van der Waals surface area contributed by atoms with E-state index in [1.54, 1.807) is 37.8 Å². The van der Waals surface area contributed by atoms with E-state index >= 15 is 0 Å². The van der Waals surface area contributed by atoms with Crippen LogP contribution >= 0.6 is 15.9 Å². The number of benzene rings is 1. The van der Waals surface area contributed by atoms with Gasteiger partial charge in [-0.3, -0.25) is 4.79 Å². The number of nitrogens with two attached hydrogens (primary N) is 1. The van der Waals surface area contributed by atoms with Gasteiger partial charge in [-0.05, 0) is 38.5 Å². The molecule has 1 fully saturated rings. The molecule has 1 saturated heterocycles. The fourth-order valence-corrected chi connectivity index (χ4v) is 4.20. The average molecular weight is 389 g/mol. The number of sulfone groups is 1. The lowest BCUT2D eigenvalue weighted by Gasteiger charge is -2.40. The van der Waals surface area contributed by atoms with E-state index in [0.717, 1.165) is 4.47 Å². The maximum Gasteiger partial charge on any atom is 0.247 e. The van der Waals surface area contributed by atoms with Gasteiger partial charge in [-0.2, -0.15) is 0 Å². The maximum atomic E-state index is 12.8. The zero-order valence-corrected chi connectivity index (χ0v) is 15.4. The Hall–Kier alpha value is -0.920. The molecular weight excluding hydrogens is 368 g/mol. The molecule has 22 heavy (non-hydrogen) atoms. The van der Waals surface area contributed by atoms with Gasteiger partial charge in [0.2, 0.25) is 5.91 Å². The first kappa shape index (κ1) is 17.4. The number of hydrogen-bond acceptors (Lipinski definition) is 4. The molecular formula is C15H21BrN2O3S. The van der Waals surface area contributed by atoms with Crippen molar-refractivity contribution in [2.45, 2.75) is 31.1 Å². The third-order valence-corrected chi connectivity index (χ3v) is 7.28. The highest BCUT2D eigenvalue weighted by Crippen LogP contribution is 2.28. The van der Waals surface area contributed by atoms with Crippen LogP contribution in [0.3, 0.4) is 0 Å². The first-order chi connectivity index (χ1) is 9.97. The van der Waals surface area contributed by atoms with Gasteiger partial charge in [0.05, 0.1) is 10.5 Å². The first-order valence-electron chi connectivity index (χ1n) is 7.04. The third-order valence-electron chi connectivity index (χ3n) is 4.22. The predicted molar refractivity (Wildman–Crippen MR) is 90.1 cm³/mol. The van der Waals surface area contributed by atoms with E-state index in [1.807, 2.05) is 12.1 Å². The van der Waals surface area contributed by atoms with Crippen LogP contribution in [0.25, 0.3) is 0 Å². The summed E-state index contributed by atoms with van der Waals surface area (Å²) in [6.45, 7) is 5.31. The zero-order chi connectivity index (χ0) is 16.8. The van der Waals surface area contributed by atoms with E-state index in [9.17, 15) is 13.2 Å². The second-order valence-electron chi connectivity index (χ2n) is 6.51. The SMILES string of the molecule is CC(N)(C(=O)N1CCS(=O)(=O)C(C)(C)C1)c1ccc(Br)cc1. The van der Waals surface area contributed by atoms with E-state index in [0.29, 0.717) is 5.56 Å². The number of carbonyl (C=O) groups excluding carboxylic acids is 1. The number of rotatable bonds is 2. The van der Waals surface area contributed by atoms with E-state index < -0.39 is 20.1 Å². The Balaban J connectivity index is 2.26. The van der Waals surface area contributed by atoms with Crippen LogP contribution in [0.2, 0.25) is 0 Å². The molecule has 2 rings (SSSR count). The summed E-state index contributed by atoms with van der Waals surface area (Å²) in [7, 11) is -3.18. The van der Waals surface area contributed by atoms with Crippen molar-refractivity contribution in [1.29, 1.82) is 0 Å². The Labute approximate surface area is 139 Å². The van der Waals surface area contributed by atoms with Gasteiger partial charge < -0.3 is 10.6 Å². The molecule has 1 atom stereocenters. The summed E-state index contributed by atoms with van der Waals surface area (Å²) in [5, 5.41) is 0. The normalized spacial score (nSPS) is 22.9. The van der Waals surface area contributed by atoms with Gasteiger partial charge in [0, 0.05) is 17.6 Å². The Morgan fingerprint density at radius 3 is 2.36 bits per heavy atom. The van der Waals surface area contributed by atoms with Crippen molar-refractivity contribution in [2.75, 3.05) is 18.8 Å². The van der Waals surface area contributed by atoms with Crippen molar-refractivity contribution in [1.82, 2.24) is 4.90 Å². The van der Waals surface area contributed by atoms with Crippen molar-refractivity contribution in [3.63, 3.8) is 0 Å². The van der Waals surface area contributed by atoms with Gasteiger partial charge in [0.15, 0.2) is 9.84 Å². The standard InChI is InChI=1S/C15H21BrN2O3S/c1-14(2)10-18(8-9-22(14,20)21)13(19)15(3,17)11-4-6-12(16)7-5-11/h4-7H,8-10,17H2,1-3H3. The highest BCUT2D eigenvalue weighted by molar-refractivity contribution is 9.10. The van der Waals surface area contributed by atoms with Gasteiger partial charge in [-0.25, -0.2) is 8.42 Å². The van der Waals surface area contributed by atoms with Crippen molar-refractivity contribution < 1.29 is 13.2 Å². The van der Waals surface area contributed by atoms with E-state index in [4.69, 9.17) is 5.73 Å². The smallest absolute Gasteiger partial charge is 0.247 e. The van der Waals surface area contributed by atoms with Crippen LogP contribution < -0.4 is 5.73 Å². The van der Waals surface area contributed by atoms with Gasteiger partial charge in [0.1, 0.15) is 5.54 Å². The summed E-state index contributed by atoms with van der Waals surface area (Å²) in [5.74, 6) is -0.278. The summed E-state index contributed by atoms with van der Waals surface area (Å²) in [6, 6.07) is 7.26. The number of nitrogens with zero attached hydrogens (tertiary/aromatic N) is 1. The van der Waals surface area contributed by atoms with Crippen LogP contribution in [0, 0.1) is 0 Å². The molecule has 0 saturated carbocycles. The average Bonchev–Trinajstić information content (AvgIpc) is 2.41. The van der Waals surface area contributed by atoms with Gasteiger partial charge in [0.25, 0.3) is 0 Å². The second-order valence-corrected chi connectivity index (χ2v) is 10.2. The van der Waals surface area contributed by atoms with Crippen LogP contribution in [0.4, 0.5) is 0 Å². The van der Waals surface area contributed by atoms with Gasteiger partial charge in [-0.1, -0.05) is 28.1 Å². The molecule has 1 aromatic carbocycles. The molecule has 1 aromatic rings. The first-order valence-corrected chi connectivity index (χ1v) is 9.48. The van der Waals surface area contributed by atoms with Crippen molar-refractivity contribution in [2.24, 2.45) is 5.73 Å². The number of amides is 1. The molecule has 0 spiro atoms. The fourth-order valence-electron chi connectivity index (χ4n) is 2.57. The lowest BCUT2D eigenvalue weighted by atomic mass is 9.91. The van der Waals surface area contributed by atoms with E-state index in [-0.39, 0.29) is 24.7 Å². The molecule has 1 aliphatic heterocycles. The summed E-state index contributed by atoms with van der Waals surface area (Å²) >= 11 is 3.35. The topological polar surface area (TPSA) is 80.5 Å². The molecule has 1 amide bonds. The molecule has 1 unspecified atom stereocenters. The van der Waals surface area contributed by atoms with Gasteiger partial charge in [-0.15, -0.1) is 0 Å². The molecule has 1 heterocycles. The summed E-state index contributed by atoms with van der Waals surface area (Å²) in [4.78, 5) is 14.4. The molecule has 122 valence electrons. The molecule has 0 aliphatic carbocycles. The molecule has 0 aromatic heterocycles. The number of hydrogen-bond donors (Lipinski definition) is 1. The van der Waals surface area contributed by atoms with Crippen LogP contribution in [-0.2, 0) is 20.2 Å². The summed E-state index contributed by atoms with van der Waals surface area (Å²) in [5.41, 5.74) is 5.78. The Morgan fingerprint density at radius 2 is 1.86 bits per heavy atom. The summed E-state index contributed by atoms with van der Waals surface area (Å²) < 4.78 is 24.1. The van der Waals surface area contributed by atoms with Crippen molar-refractivity contribution in [3.8, 4) is 0 Å². The minimum atomic E-state index is -3.18. The largest absolute Gasteiger partial charge is 0.338 e. The monoisotopic (exact) mass is 388 g/mol. The zero-order valence-electron chi connectivity index (χ0n) is 13.0. The highest BCUT2D eigenvalue weighted by Gasteiger charge is 2.44. The third kappa shape index (κ3) is 3.07. The van der Waals surface area contributed by atoms with Crippen LogP contribution in [-0.4, -0.2) is 42.8 Å². The predicted octanol–water partition coefficient (Wildman–Crippen LogP) is 1.66. The Bertz CT molecular complexity index is 681. The maximum absolute atomic E-state index is 12.8. The quantitative estimate of drug-likeness (QED) is 0.834. The lowest BCUT2D eigenvalue weighted by Crippen LogP contribution is -2.60. The Morgan fingerprint density at radius 1 is 1.32 bits per heavy atom. The number of halogens is 1. The number of carbonyl (C=O) groups is 1. The molecule has 5 nitrogen and oxygen atoms in total. The van der Waals surface area contributed by atoms with Crippen LogP contribution in [0.5, 0.6) is 0 Å². The molecule has 0 radical (unpaired) electrons. The van der Waals surface area contributed by atoms with E-state index in [1.165, 1.54) is 0 Å². The molecule has 1 aliphatic rings.